The fraction of sp³-hybridized carbons (Fsp3) is 0.414. The lowest BCUT2D eigenvalue weighted by molar-refractivity contribution is -0.155. The first-order valence-corrected chi connectivity index (χ1v) is 14.3. The highest BCUT2D eigenvalue weighted by Crippen LogP contribution is 2.34. The number of carbonyl (C=O) groups is 2. The van der Waals surface area contributed by atoms with Crippen molar-refractivity contribution in [3.63, 3.8) is 0 Å². The van der Waals surface area contributed by atoms with Crippen LogP contribution in [0.1, 0.15) is 62.8 Å². The van der Waals surface area contributed by atoms with E-state index in [2.05, 4.69) is 31.7 Å². The van der Waals surface area contributed by atoms with E-state index >= 15 is 0 Å². The van der Waals surface area contributed by atoms with Crippen LogP contribution in [0.25, 0.3) is 27.5 Å². The quantitative estimate of drug-likeness (QED) is 0.309. The number of nitrogens with one attached hydrogen (secondary N) is 1. The second kappa shape index (κ2) is 11.2. The highest BCUT2D eigenvalue weighted by Gasteiger charge is 2.31. The van der Waals surface area contributed by atoms with Crippen LogP contribution < -0.4 is 5.32 Å². The fourth-order valence-corrected chi connectivity index (χ4v) is 5.64. The molecule has 0 saturated carbocycles. The number of likely N-dealkylation sites (tertiary alicyclic amines) is 1. The molecule has 1 atom stereocenters. The SMILES string of the molecule is CC(C)Nc1cc(-c2ccc3cc(C#N)cnn23)ncc1-c1nnc(C(=O)N2CC[C@@H](CC(=O)OC(C)(C)C)C2)s1. The number of pyridine rings is 1. The zero-order valence-electron chi connectivity index (χ0n) is 23.7. The van der Waals surface area contributed by atoms with E-state index in [1.165, 1.54) is 17.5 Å². The van der Waals surface area contributed by atoms with Gasteiger partial charge in [-0.05, 0) is 71.2 Å². The Bertz CT molecular complexity index is 1650. The third-order valence-corrected chi connectivity index (χ3v) is 7.47. The Morgan fingerprint density at radius 1 is 1.22 bits per heavy atom. The molecule has 0 aromatic carbocycles. The molecule has 1 aliphatic heterocycles. The van der Waals surface area contributed by atoms with Gasteiger partial charge in [0, 0.05) is 31.0 Å². The molecular formula is C29H32N8O3S. The highest BCUT2D eigenvalue weighted by molar-refractivity contribution is 7.16. The van der Waals surface area contributed by atoms with E-state index in [-0.39, 0.29) is 30.3 Å². The zero-order valence-corrected chi connectivity index (χ0v) is 24.5. The van der Waals surface area contributed by atoms with Crippen LogP contribution >= 0.6 is 11.3 Å². The largest absolute Gasteiger partial charge is 0.460 e. The van der Waals surface area contributed by atoms with Gasteiger partial charge in [0.25, 0.3) is 5.91 Å². The van der Waals surface area contributed by atoms with Crippen molar-refractivity contribution in [2.75, 3.05) is 18.4 Å². The average Bonchev–Trinajstić information content (AvgIpc) is 3.66. The summed E-state index contributed by atoms with van der Waals surface area (Å²) < 4.78 is 7.19. The van der Waals surface area contributed by atoms with Crippen molar-refractivity contribution in [2.24, 2.45) is 5.92 Å². The van der Waals surface area contributed by atoms with E-state index in [1.54, 1.807) is 21.7 Å². The number of aromatic nitrogens is 5. The Morgan fingerprint density at radius 3 is 2.76 bits per heavy atom. The maximum atomic E-state index is 13.3. The standard InChI is InChI=1S/C29H32N8O3S/c1-17(2)33-22-12-23(24-7-6-20-10-19(13-30)14-32-37(20)24)31-15-21(22)26-34-35-27(41-26)28(39)36-9-8-18(16-36)11-25(38)40-29(3,4)5/h6-7,10,12,14-15,17-18H,8-9,11,16H2,1-5H3,(H,31,33)/t18-/m0/s1. The summed E-state index contributed by atoms with van der Waals surface area (Å²) >= 11 is 1.22. The number of nitrogens with zero attached hydrogens (tertiary/aromatic N) is 7. The molecule has 5 rings (SSSR count). The summed E-state index contributed by atoms with van der Waals surface area (Å²) in [6.07, 6.45) is 4.28. The van der Waals surface area contributed by atoms with Gasteiger partial charge in [-0.25, -0.2) is 4.52 Å². The monoisotopic (exact) mass is 572 g/mol. The first-order chi connectivity index (χ1) is 19.5. The van der Waals surface area contributed by atoms with Crippen molar-refractivity contribution in [2.45, 2.75) is 59.1 Å². The number of amides is 1. The van der Waals surface area contributed by atoms with Gasteiger partial charge in [-0.2, -0.15) is 10.4 Å². The number of hydrogen-bond acceptors (Lipinski definition) is 10. The van der Waals surface area contributed by atoms with Crippen molar-refractivity contribution < 1.29 is 14.3 Å². The predicted molar refractivity (Wildman–Crippen MR) is 155 cm³/mol. The number of hydrogen-bond donors (Lipinski definition) is 1. The lowest BCUT2D eigenvalue weighted by atomic mass is 10.1. The van der Waals surface area contributed by atoms with Gasteiger partial charge in [-0.1, -0.05) is 11.3 Å². The Hall–Kier alpha value is -4.37. The fourth-order valence-electron chi connectivity index (χ4n) is 4.81. The zero-order chi connectivity index (χ0) is 29.3. The van der Waals surface area contributed by atoms with Gasteiger partial charge in [0.15, 0.2) is 5.01 Å². The van der Waals surface area contributed by atoms with Gasteiger partial charge in [0.1, 0.15) is 11.7 Å². The third kappa shape index (κ3) is 6.36. The lowest BCUT2D eigenvalue weighted by Gasteiger charge is -2.21. The Morgan fingerprint density at radius 2 is 2.02 bits per heavy atom. The van der Waals surface area contributed by atoms with Gasteiger partial charge in [-0.15, -0.1) is 10.2 Å². The lowest BCUT2D eigenvalue weighted by Crippen LogP contribution is -2.29. The molecule has 212 valence electrons. The van der Waals surface area contributed by atoms with Crippen LogP contribution in [-0.4, -0.2) is 66.3 Å². The number of anilines is 1. The molecule has 1 saturated heterocycles. The van der Waals surface area contributed by atoms with E-state index in [1.807, 2.05) is 52.8 Å². The second-order valence-corrected chi connectivity index (χ2v) is 12.4. The average molecular weight is 573 g/mol. The molecule has 1 aliphatic rings. The molecule has 4 aromatic rings. The van der Waals surface area contributed by atoms with Crippen LogP contribution in [0.4, 0.5) is 5.69 Å². The van der Waals surface area contributed by atoms with Crippen LogP contribution in [0.2, 0.25) is 0 Å². The number of esters is 1. The summed E-state index contributed by atoms with van der Waals surface area (Å²) in [5.41, 5.74) is 3.78. The normalized spacial score (nSPS) is 15.3. The minimum Gasteiger partial charge on any atom is -0.460 e. The number of carbonyl (C=O) groups excluding carboxylic acids is 2. The van der Waals surface area contributed by atoms with E-state index < -0.39 is 5.60 Å². The third-order valence-electron chi connectivity index (χ3n) is 6.53. The first kappa shape index (κ1) is 28.2. The van der Waals surface area contributed by atoms with Gasteiger partial charge < -0.3 is 15.0 Å². The van der Waals surface area contributed by atoms with Crippen molar-refractivity contribution in [1.29, 1.82) is 5.26 Å². The molecule has 1 fully saturated rings. The summed E-state index contributed by atoms with van der Waals surface area (Å²) in [4.78, 5) is 31.9. The van der Waals surface area contributed by atoms with Crippen molar-refractivity contribution in [3.8, 4) is 28.0 Å². The summed E-state index contributed by atoms with van der Waals surface area (Å²) in [6, 6.07) is 9.76. The molecule has 0 bridgehead atoms. The molecule has 5 heterocycles. The molecule has 4 aromatic heterocycles. The Labute approximate surface area is 242 Å². The molecular weight excluding hydrogens is 540 g/mol. The van der Waals surface area contributed by atoms with Gasteiger partial charge in [-0.3, -0.25) is 14.6 Å². The Kier molecular flexibility index (Phi) is 7.73. The van der Waals surface area contributed by atoms with E-state index in [0.717, 1.165) is 28.9 Å². The minimum atomic E-state index is -0.528. The summed E-state index contributed by atoms with van der Waals surface area (Å²) in [7, 11) is 0. The molecule has 0 spiro atoms. The molecule has 1 amide bonds. The maximum Gasteiger partial charge on any atom is 0.306 e. The van der Waals surface area contributed by atoms with E-state index in [9.17, 15) is 14.9 Å². The predicted octanol–water partition coefficient (Wildman–Crippen LogP) is 4.80. The number of nitriles is 1. The molecule has 11 nitrogen and oxygen atoms in total. The highest BCUT2D eigenvalue weighted by atomic mass is 32.1. The van der Waals surface area contributed by atoms with E-state index in [4.69, 9.17) is 4.74 Å². The van der Waals surface area contributed by atoms with Gasteiger partial charge in [0.2, 0.25) is 5.01 Å². The summed E-state index contributed by atoms with van der Waals surface area (Å²) in [5, 5.41) is 26.5. The maximum absolute atomic E-state index is 13.3. The summed E-state index contributed by atoms with van der Waals surface area (Å²) in [6.45, 7) is 10.7. The number of ether oxygens (including phenoxy) is 1. The van der Waals surface area contributed by atoms with Crippen molar-refractivity contribution in [3.05, 3.63) is 47.2 Å². The molecule has 1 N–H and O–H groups in total. The smallest absolute Gasteiger partial charge is 0.306 e. The van der Waals surface area contributed by atoms with Crippen LogP contribution in [0, 0.1) is 17.2 Å². The number of fused-ring (bicyclic) bond motifs is 1. The molecule has 12 heteroatoms. The summed E-state index contributed by atoms with van der Waals surface area (Å²) in [5.74, 6) is -0.372. The van der Waals surface area contributed by atoms with Crippen LogP contribution in [0.15, 0.2) is 36.7 Å². The second-order valence-electron chi connectivity index (χ2n) is 11.4. The van der Waals surface area contributed by atoms with Crippen molar-refractivity contribution >= 4 is 34.4 Å². The molecule has 41 heavy (non-hydrogen) atoms. The molecule has 0 unspecified atom stereocenters. The van der Waals surface area contributed by atoms with Gasteiger partial charge in [0.05, 0.1) is 40.6 Å². The van der Waals surface area contributed by atoms with E-state index in [0.29, 0.717) is 34.4 Å². The topological polar surface area (TPSA) is 138 Å². The van der Waals surface area contributed by atoms with Crippen LogP contribution in [-0.2, 0) is 9.53 Å². The minimum absolute atomic E-state index is 0.0610. The van der Waals surface area contributed by atoms with Crippen LogP contribution in [0.3, 0.4) is 0 Å². The molecule has 0 aliphatic carbocycles. The number of rotatable bonds is 7. The molecule has 0 radical (unpaired) electrons. The Balaban J connectivity index is 1.35. The van der Waals surface area contributed by atoms with Gasteiger partial charge >= 0.3 is 5.97 Å². The first-order valence-electron chi connectivity index (χ1n) is 13.5. The van der Waals surface area contributed by atoms with Crippen molar-refractivity contribution in [1.82, 2.24) is 29.7 Å². The van der Waals surface area contributed by atoms with Crippen LogP contribution in [0.5, 0.6) is 0 Å².